The quantitative estimate of drug-likeness (QED) is 0.874. The first-order valence-electron chi connectivity index (χ1n) is 7.39. The second-order valence-corrected chi connectivity index (χ2v) is 7.20. The molecule has 0 aliphatic heterocycles. The maximum Gasteiger partial charge on any atom is 0.252 e. The predicted molar refractivity (Wildman–Crippen MR) is 86.8 cm³/mol. The second kappa shape index (κ2) is 5.48. The SMILES string of the molecule is CCNc1ncc(C(=O)NCC2C(C)(C)C2(C)C)cc1Cl. The van der Waals surface area contributed by atoms with E-state index in [1.807, 2.05) is 6.92 Å². The summed E-state index contributed by atoms with van der Waals surface area (Å²) in [6, 6.07) is 1.66. The summed E-state index contributed by atoms with van der Waals surface area (Å²) < 4.78 is 0. The number of amides is 1. The Hall–Kier alpha value is -1.29. The number of hydrogen-bond acceptors (Lipinski definition) is 3. The van der Waals surface area contributed by atoms with E-state index in [0.29, 0.717) is 28.9 Å². The minimum atomic E-state index is -0.119. The number of carbonyl (C=O) groups is 1. The predicted octanol–water partition coefficient (Wildman–Crippen LogP) is 3.58. The zero-order valence-electron chi connectivity index (χ0n) is 13.4. The monoisotopic (exact) mass is 309 g/mol. The highest BCUT2D eigenvalue weighted by atomic mass is 35.5. The number of pyridine rings is 1. The third-order valence-corrected chi connectivity index (χ3v) is 5.52. The fraction of sp³-hybridized carbons (Fsp3) is 0.625. The largest absolute Gasteiger partial charge is 0.369 e. The van der Waals surface area contributed by atoms with Crippen molar-refractivity contribution < 1.29 is 4.79 Å². The minimum Gasteiger partial charge on any atom is -0.369 e. The molecule has 4 nitrogen and oxygen atoms in total. The third kappa shape index (κ3) is 2.86. The highest BCUT2D eigenvalue weighted by Crippen LogP contribution is 2.67. The second-order valence-electron chi connectivity index (χ2n) is 6.79. The van der Waals surface area contributed by atoms with Crippen molar-refractivity contribution in [2.45, 2.75) is 34.6 Å². The van der Waals surface area contributed by atoms with Gasteiger partial charge in [0.25, 0.3) is 5.91 Å². The van der Waals surface area contributed by atoms with Crippen LogP contribution in [0.15, 0.2) is 12.3 Å². The number of nitrogens with one attached hydrogen (secondary N) is 2. The molecule has 0 saturated heterocycles. The molecule has 0 radical (unpaired) electrons. The summed E-state index contributed by atoms with van der Waals surface area (Å²) in [5.74, 6) is 0.990. The molecule has 1 fully saturated rings. The minimum absolute atomic E-state index is 0.119. The van der Waals surface area contributed by atoms with Gasteiger partial charge in [0.2, 0.25) is 0 Å². The normalized spacial score (nSPS) is 19.1. The lowest BCUT2D eigenvalue weighted by Crippen LogP contribution is -2.27. The molecule has 0 spiro atoms. The van der Waals surface area contributed by atoms with Gasteiger partial charge >= 0.3 is 0 Å². The van der Waals surface area contributed by atoms with Crippen LogP contribution < -0.4 is 10.6 Å². The number of hydrogen-bond donors (Lipinski definition) is 2. The summed E-state index contributed by atoms with van der Waals surface area (Å²) in [5.41, 5.74) is 1.04. The van der Waals surface area contributed by atoms with Crippen LogP contribution >= 0.6 is 11.6 Å². The summed E-state index contributed by atoms with van der Waals surface area (Å²) in [7, 11) is 0. The molecule has 5 heteroatoms. The van der Waals surface area contributed by atoms with Crippen molar-refractivity contribution in [2.24, 2.45) is 16.7 Å². The first kappa shape index (κ1) is 16.1. The van der Waals surface area contributed by atoms with Gasteiger partial charge < -0.3 is 10.6 Å². The van der Waals surface area contributed by atoms with Gasteiger partial charge in [-0.05, 0) is 29.7 Å². The molecular formula is C16H24ClN3O. The molecule has 1 heterocycles. The Labute approximate surface area is 131 Å². The van der Waals surface area contributed by atoms with E-state index in [4.69, 9.17) is 11.6 Å². The lowest BCUT2D eigenvalue weighted by atomic mass is 10.0. The molecule has 0 atom stereocenters. The van der Waals surface area contributed by atoms with E-state index in [1.54, 1.807) is 12.3 Å². The van der Waals surface area contributed by atoms with Crippen LogP contribution in [0.2, 0.25) is 5.02 Å². The Morgan fingerprint density at radius 2 is 1.95 bits per heavy atom. The molecule has 1 amide bonds. The van der Waals surface area contributed by atoms with Gasteiger partial charge in [-0.3, -0.25) is 4.79 Å². The van der Waals surface area contributed by atoms with Gasteiger partial charge in [0.1, 0.15) is 5.82 Å². The van der Waals surface area contributed by atoms with Crippen molar-refractivity contribution >= 4 is 23.3 Å². The van der Waals surface area contributed by atoms with E-state index < -0.39 is 0 Å². The number of nitrogens with zero attached hydrogens (tertiary/aromatic N) is 1. The number of carbonyl (C=O) groups excluding carboxylic acids is 1. The summed E-state index contributed by atoms with van der Waals surface area (Å²) in [5, 5.41) is 6.51. The molecule has 1 aliphatic carbocycles. The number of anilines is 1. The molecule has 116 valence electrons. The van der Waals surface area contributed by atoms with E-state index in [-0.39, 0.29) is 16.7 Å². The van der Waals surface area contributed by atoms with Crippen LogP contribution in [-0.4, -0.2) is 24.0 Å². The fourth-order valence-electron chi connectivity index (χ4n) is 3.00. The van der Waals surface area contributed by atoms with Crippen LogP contribution in [0.3, 0.4) is 0 Å². The van der Waals surface area contributed by atoms with Crippen LogP contribution in [0.1, 0.15) is 45.0 Å². The lowest BCUT2D eigenvalue weighted by molar-refractivity contribution is 0.0949. The topological polar surface area (TPSA) is 54.0 Å². The average Bonchev–Trinajstić information content (AvgIpc) is 2.79. The molecule has 1 saturated carbocycles. The highest BCUT2D eigenvalue weighted by molar-refractivity contribution is 6.33. The van der Waals surface area contributed by atoms with Gasteiger partial charge in [-0.2, -0.15) is 0 Å². The van der Waals surface area contributed by atoms with Crippen LogP contribution in [0.4, 0.5) is 5.82 Å². The Balaban J connectivity index is 1.97. The third-order valence-electron chi connectivity index (χ3n) is 5.23. The van der Waals surface area contributed by atoms with Crippen molar-refractivity contribution in [2.75, 3.05) is 18.4 Å². The number of rotatable bonds is 5. The fourth-order valence-corrected chi connectivity index (χ4v) is 3.23. The van der Waals surface area contributed by atoms with Crippen molar-refractivity contribution in [3.8, 4) is 0 Å². The van der Waals surface area contributed by atoms with Crippen molar-refractivity contribution in [3.05, 3.63) is 22.8 Å². The Bertz CT molecular complexity index is 540. The molecule has 1 aliphatic rings. The molecule has 0 unspecified atom stereocenters. The number of halogens is 1. The van der Waals surface area contributed by atoms with Crippen LogP contribution in [-0.2, 0) is 0 Å². The van der Waals surface area contributed by atoms with E-state index >= 15 is 0 Å². The van der Waals surface area contributed by atoms with Gasteiger partial charge in [-0.25, -0.2) is 4.98 Å². The van der Waals surface area contributed by atoms with Gasteiger partial charge in [-0.1, -0.05) is 39.3 Å². The molecule has 21 heavy (non-hydrogen) atoms. The van der Waals surface area contributed by atoms with Gasteiger partial charge in [0.15, 0.2) is 0 Å². The molecule has 1 aromatic heterocycles. The standard InChI is InChI=1S/C16H24ClN3O/c1-6-18-13-11(17)7-10(8-19-13)14(21)20-9-12-15(2,3)16(12,4)5/h7-8,12H,6,9H2,1-5H3,(H,18,19)(H,20,21). The molecule has 2 N–H and O–H groups in total. The van der Waals surface area contributed by atoms with Crippen molar-refractivity contribution in [3.63, 3.8) is 0 Å². The maximum absolute atomic E-state index is 12.2. The van der Waals surface area contributed by atoms with Gasteiger partial charge in [0.05, 0.1) is 10.6 Å². The van der Waals surface area contributed by atoms with Crippen LogP contribution in [0.25, 0.3) is 0 Å². The van der Waals surface area contributed by atoms with Crippen molar-refractivity contribution in [1.29, 1.82) is 0 Å². The summed E-state index contributed by atoms with van der Waals surface area (Å²) in [4.78, 5) is 16.4. The maximum atomic E-state index is 12.2. The van der Waals surface area contributed by atoms with Gasteiger partial charge in [-0.15, -0.1) is 0 Å². The summed E-state index contributed by atoms with van der Waals surface area (Å²) in [6.07, 6.45) is 1.56. The first-order valence-corrected chi connectivity index (χ1v) is 7.77. The van der Waals surface area contributed by atoms with E-state index in [2.05, 4.69) is 43.3 Å². The lowest BCUT2D eigenvalue weighted by Gasteiger charge is -2.09. The summed E-state index contributed by atoms with van der Waals surface area (Å²) >= 11 is 6.11. The number of aromatic nitrogens is 1. The summed E-state index contributed by atoms with van der Waals surface area (Å²) in [6.45, 7) is 12.4. The van der Waals surface area contributed by atoms with Gasteiger partial charge in [0, 0.05) is 19.3 Å². The zero-order valence-corrected chi connectivity index (χ0v) is 14.1. The Morgan fingerprint density at radius 3 is 2.43 bits per heavy atom. The van der Waals surface area contributed by atoms with E-state index in [0.717, 1.165) is 6.54 Å². The van der Waals surface area contributed by atoms with Crippen LogP contribution in [0, 0.1) is 16.7 Å². The average molecular weight is 310 g/mol. The molecule has 0 bridgehead atoms. The molecule has 2 rings (SSSR count). The van der Waals surface area contributed by atoms with Crippen LogP contribution in [0.5, 0.6) is 0 Å². The first-order chi connectivity index (χ1) is 9.71. The zero-order chi connectivity index (χ0) is 15.8. The highest BCUT2D eigenvalue weighted by Gasteiger charge is 2.64. The van der Waals surface area contributed by atoms with E-state index in [9.17, 15) is 4.79 Å². The Kier molecular flexibility index (Phi) is 4.20. The van der Waals surface area contributed by atoms with E-state index in [1.165, 1.54) is 0 Å². The van der Waals surface area contributed by atoms with Crippen molar-refractivity contribution in [1.82, 2.24) is 10.3 Å². The molecule has 0 aromatic carbocycles. The Morgan fingerprint density at radius 1 is 1.33 bits per heavy atom. The smallest absolute Gasteiger partial charge is 0.252 e. The molecule has 1 aromatic rings. The molecular weight excluding hydrogens is 286 g/mol.